The van der Waals surface area contributed by atoms with E-state index >= 15 is 0 Å². The van der Waals surface area contributed by atoms with E-state index in [1.54, 1.807) is 7.11 Å². The third kappa shape index (κ3) is 2.78. The molecule has 2 atom stereocenters. The molecule has 90 valence electrons. The average Bonchev–Trinajstić information content (AvgIpc) is 2.79. The minimum absolute atomic E-state index is 0.144. The van der Waals surface area contributed by atoms with Crippen molar-refractivity contribution in [2.45, 2.75) is 31.9 Å². The van der Waals surface area contributed by atoms with E-state index in [0.717, 1.165) is 30.5 Å². The van der Waals surface area contributed by atoms with Crippen LogP contribution < -0.4 is 5.32 Å². The van der Waals surface area contributed by atoms with Gasteiger partial charge in [0.1, 0.15) is 0 Å². The largest absolute Gasteiger partial charge is 0.381 e. The maximum atomic E-state index is 9.07. The second-order valence-corrected chi connectivity index (χ2v) is 4.51. The molecule has 1 saturated carbocycles. The van der Waals surface area contributed by atoms with Gasteiger partial charge < -0.3 is 10.1 Å². The Balaban J connectivity index is 2.10. The number of nitrogens with one attached hydrogen (secondary N) is 1. The highest BCUT2D eigenvalue weighted by atomic mass is 16.5. The predicted octanol–water partition coefficient (Wildman–Crippen LogP) is 2.94. The lowest BCUT2D eigenvalue weighted by Crippen LogP contribution is -2.23. The smallest absolute Gasteiger partial charge is 0.0733 e. The molecule has 1 fully saturated rings. The molecule has 1 N–H and O–H groups in total. The van der Waals surface area contributed by atoms with Crippen LogP contribution in [0, 0.1) is 17.2 Å². The Kier molecular flexibility index (Phi) is 4.00. The lowest BCUT2D eigenvalue weighted by molar-refractivity contribution is 0.185. The monoisotopic (exact) mass is 230 g/mol. The number of rotatable bonds is 4. The summed E-state index contributed by atoms with van der Waals surface area (Å²) in [7, 11) is 1.70. The molecule has 2 unspecified atom stereocenters. The first-order valence-electron chi connectivity index (χ1n) is 6.08. The molecule has 0 spiro atoms. The van der Waals surface area contributed by atoms with Crippen molar-refractivity contribution in [1.82, 2.24) is 0 Å². The Morgan fingerprint density at radius 3 is 3.00 bits per heavy atom. The van der Waals surface area contributed by atoms with E-state index in [1.165, 1.54) is 0 Å². The third-order valence-electron chi connectivity index (χ3n) is 3.34. The van der Waals surface area contributed by atoms with Gasteiger partial charge in [0.2, 0.25) is 0 Å². The summed E-state index contributed by atoms with van der Waals surface area (Å²) in [6.45, 7) is 0.604. The van der Waals surface area contributed by atoms with Crippen molar-refractivity contribution in [2.75, 3.05) is 12.4 Å². The zero-order valence-electron chi connectivity index (χ0n) is 10.1. The molecule has 0 bridgehead atoms. The zero-order chi connectivity index (χ0) is 12.1. The van der Waals surface area contributed by atoms with Crippen LogP contribution >= 0.6 is 0 Å². The Hall–Kier alpha value is -1.53. The molecule has 0 aromatic heterocycles. The summed E-state index contributed by atoms with van der Waals surface area (Å²) >= 11 is 0. The van der Waals surface area contributed by atoms with Crippen LogP contribution in [-0.4, -0.2) is 13.2 Å². The molecule has 2 rings (SSSR count). The Labute approximate surface area is 102 Å². The van der Waals surface area contributed by atoms with E-state index in [4.69, 9.17) is 10.00 Å². The van der Waals surface area contributed by atoms with Crippen LogP contribution in [-0.2, 0) is 11.3 Å². The highest BCUT2D eigenvalue weighted by molar-refractivity contribution is 5.52. The van der Waals surface area contributed by atoms with E-state index < -0.39 is 0 Å². The first-order chi connectivity index (χ1) is 8.35. The number of para-hydroxylation sites is 1. The van der Waals surface area contributed by atoms with Crippen molar-refractivity contribution in [2.24, 2.45) is 5.92 Å². The van der Waals surface area contributed by atoms with Gasteiger partial charge in [-0.3, -0.25) is 0 Å². The number of nitrogens with zero attached hydrogens (tertiary/aromatic N) is 1. The van der Waals surface area contributed by atoms with Crippen molar-refractivity contribution in [3.05, 3.63) is 29.8 Å². The van der Waals surface area contributed by atoms with E-state index in [0.29, 0.717) is 6.61 Å². The predicted molar refractivity (Wildman–Crippen MR) is 67.5 cm³/mol. The Bertz CT molecular complexity index is 411. The van der Waals surface area contributed by atoms with Gasteiger partial charge in [-0.05, 0) is 25.3 Å². The van der Waals surface area contributed by atoms with Gasteiger partial charge in [0.15, 0.2) is 0 Å². The Morgan fingerprint density at radius 2 is 2.24 bits per heavy atom. The third-order valence-corrected chi connectivity index (χ3v) is 3.34. The molecule has 1 aliphatic rings. The van der Waals surface area contributed by atoms with Crippen LogP contribution in [0.25, 0.3) is 0 Å². The minimum Gasteiger partial charge on any atom is -0.381 e. The van der Waals surface area contributed by atoms with Gasteiger partial charge in [-0.2, -0.15) is 5.26 Å². The minimum atomic E-state index is 0.144. The van der Waals surface area contributed by atoms with Gasteiger partial charge >= 0.3 is 0 Å². The molecule has 0 saturated heterocycles. The summed E-state index contributed by atoms with van der Waals surface area (Å²) in [5.41, 5.74) is 2.25. The zero-order valence-corrected chi connectivity index (χ0v) is 10.1. The molecule has 0 heterocycles. The Morgan fingerprint density at radius 1 is 1.41 bits per heavy atom. The van der Waals surface area contributed by atoms with Crippen molar-refractivity contribution >= 4 is 5.69 Å². The number of ether oxygens (including phenoxy) is 1. The van der Waals surface area contributed by atoms with Gasteiger partial charge in [0.25, 0.3) is 0 Å². The summed E-state index contributed by atoms with van der Waals surface area (Å²) in [6.07, 6.45) is 3.24. The van der Waals surface area contributed by atoms with E-state index in [2.05, 4.69) is 23.5 Å². The molecule has 0 aliphatic heterocycles. The molecule has 0 amide bonds. The summed E-state index contributed by atoms with van der Waals surface area (Å²) in [6, 6.07) is 10.8. The second-order valence-electron chi connectivity index (χ2n) is 4.51. The van der Waals surface area contributed by atoms with E-state index in [-0.39, 0.29) is 12.0 Å². The van der Waals surface area contributed by atoms with Crippen molar-refractivity contribution in [1.29, 1.82) is 5.26 Å². The summed E-state index contributed by atoms with van der Waals surface area (Å²) in [4.78, 5) is 0. The lowest BCUT2D eigenvalue weighted by Gasteiger charge is -2.19. The number of anilines is 1. The van der Waals surface area contributed by atoms with Crippen LogP contribution in [0.4, 0.5) is 5.69 Å². The maximum absolute atomic E-state index is 9.07. The summed E-state index contributed by atoms with van der Waals surface area (Å²) in [5, 5.41) is 12.6. The van der Waals surface area contributed by atoms with Crippen LogP contribution in [0.15, 0.2) is 24.3 Å². The molecule has 1 aromatic carbocycles. The van der Waals surface area contributed by atoms with Gasteiger partial charge in [0, 0.05) is 24.4 Å². The maximum Gasteiger partial charge on any atom is 0.0733 e. The first kappa shape index (κ1) is 11.9. The summed E-state index contributed by atoms with van der Waals surface area (Å²) in [5.74, 6) is 0.144. The first-order valence-corrected chi connectivity index (χ1v) is 6.08. The molecular weight excluding hydrogens is 212 g/mol. The quantitative estimate of drug-likeness (QED) is 0.865. The SMILES string of the molecule is COCc1ccccc1NC1CCCC1C#N. The highest BCUT2D eigenvalue weighted by Crippen LogP contribution is 2.29. The van der Waals surface area contributed by atoms with Gasteiger partial charge in [0.05, 0.1) is 18.6 Å². The second kappa shape index (κ2) is 5.70. The molecular formula is C14H18N2O. The van der Waals surface area contributed by atoms with E-state index in [1.807, 2.05) is 12.1 Å². The molecule has 1 aliphatic carbocycles. The molecule has 17 heavy (non-hydrogen) atoms. The van der Waals surface area contributed by atoms with Crippen molar-refractivity contribution < 1.29 is 4.74 Å². The molecule has 3 nitrogen and oxygen atoms in total. The van der Waals surface area contributed by atoms with E-state index in [9.17, 15) is 0 Å². The van der Waals surface area contributed by atoms with Crippen LogP contribution in [0.3, 0.4) is 0 Å². The fourth-order valence-electron chi connectivity index (χ4n) is 2.43. The van der Waals surface area contributed by atoms with Crippen LogP contribution in [0.2, 0.25) is 0 Å². The number of benzene rings is 1. The summed E-state index contributed by atoms with van der Waals surface area (Å²) < 4.78 is 5.18. The van der Waals surface area contributed by atoms with Gasteiger partial charge in [-0.25, -0.2) is 0 Å². The number of methoxy groups -OCH3 is 1. The molecule has 3 heteroatoms. The normalized spacial score (nSPS) is 23.3. The van der Waals surface area contributed by atoms with Crippen LogP contribution in [0.5, 0.6) is 0 Å². The number of hydrogen-bond donors (Lipinski definition) is 1. The fraction of sp³-hybridized carbons (Fsp3) is 0.500. The topological polar surface area (TPSA) is 45.0 Å². The van der Waals surface area contributed by atoms with Crippen molar-refractivity contribution in [3.8, 4) is 6.07 Å². The number of hydrogen-bond acceptors (Lipinski definition) is 3. The number of nitriles is 1. The van der Waals surface area contributed by atoms with Gasteiger partial charge in [-0.1, -0.05) is 18.2 Å². The average molecular weight is 230 g/mol. The fourth-order valence-corrected chi connectivity index (χ4v) is 2.43. The van der Waals surface area contributed by atoms with Gasteiger partial charge in [-0.15, -0.1) is 0 Å². The standard InChI is InChI=1S/C14H18N2O/c1-17-10-12-5-2-3-7-14(12)16-13-8-4-6-11(13)9-15/h2-3,5,7,11,13,16H,4,6,8,10H2,1H3. The molecule has 0 radical (unpaired) electrons. The highest BCUT2D eigenvalue weighted by Gasteiger charge is 2.27. The molecule has 1 aromatic rings. The van der Waals surface area contributed by atoms with Crippen molar-refractivity contribution in [3.63, 3.8) is 0 Å². The van der Waals surface area contributed by atoms with Crippen LogP contribution in [0.1, 0.15) is 24.8 Å². The lowest BCUT2D eigenvalue weighted by atomic mass is 10.0.